The third-order valence-corrected chi connectivity index (χ3v) is 9.16. The molecule has 0 aliphatic heterocycles. The van der Waals surface area contributed by atoms with Gasteiger partial charge in [0.2, 0.25) is 5.56 Å². The molecule has 2 aromatic carbocycles. The van der Waals surface area contributed by atoms with Crippen molar-refractivity contribution >= 4 is 11.7 Å². The van der Waals surface area contributed by atoms with Crippen LogP contribution in [0.2, 0.25) is 0 Å². The Balaban J connectivity index is 1.19. The summed E-state index contributed by atoms with van der Waals surface area (Å²) in [5.41, 5.74) is 2.58. The van der Waals surface area contributed by atoms with Gasteiger partial charge in [-0.1, -0.05) is 36.8 Å². The third-order valence-electron chi connectivity index (χ3n) is 9.16. The van der Waals surface area contributed by atoms with E-state index in [2.05, 4.69) is 10.3 Å². The maximum absolute atomic E-state index is 13.2. The minimum atomic E-state index is -1.02. The zero-order valence-corrected chi connectivity index (χ0v) is 21.3. The summed E-state index contributed by atoms with van der Waals surface area (Å²) < 4.78 is 0. The first kappa shape index (κ1) is 24.6. The van der Waals surface area contributed by atoms with Crippen LogP contribution in [-0.2, 0) is 23.1 Å². The SMILES string of the molecule is O=C1CC[C@@]2(O)[C@@H]3CCC[C@@]2(C1)c1c(ccc(C(=O)NCCc2ccc(-c4cc[nH]c(=O)c4)cc2)c1O)C3. The summed E-state index contributed by atoms with van der Waals surface area (Å²) in [4.78, 5) is 39.9. The summed E-state index contributed by atoms with van der Waals surface area (Å²) in [5.74, 6) is -0.270. The number of hydrogen-bond donors (Lipinski definition) is 4. The fourth-order valence-corrected chi connectivity index (χ4v) is 7.33. The molecule has 0 spiro atoms. The Hall–Kier alpha value is -3.71. The molecule has 3 aliphatic rings. The van der Waals surface area contributed by atoms with Gasteiger partial charge in [0, 0.05) is 42.6 Å². The maximum Gasteiger partial charge on any atom is 0.255 e. The Morgan fingerprint density at radius 1 is 1.05 bits per heavy atom. The number of ketones is 1. The molecular formula is C31H32N2O5. The lowest BCUT2D eigenvalue weighted by Gasteiger charge is -2.60. The van der Waals surface area contributed by atoms with E-state index in [9.17, 15) is 24.6 Å². The normalized spacial score (nSPS) is 25.8. The first-order valence-electron chi connectivity index (χ1n) is 13.5. The van der Waals surface area contributed by atoms with Gasteiger partial charge in [0.25, 0.3) is 5.91 Å². The molecule has 6 rings (SSSR count). The van der Waals surface area contributed by atoms with Crippen molar-refractivity contribution in [3.05, 3.63) is 87.3 Å². The van der Waals surface area contributed by atoms with Gasteiger partial charge < -0.3 is 20.5 Å². The lowest BCUT2D eigenvalue weighted by molar-refractivity contribution is -0.160. The highest BCUT2D eigenvalue weighted by Gasteiger charge is 2.63. The monoisotopic (exact) mass is 512 g/mol. The lowest BCUT2D eigenvalue weighted by atomic mass is 9.46. The van der Waals surface area contributed by atoms with Crippen molar-refractivity contribution < 1.29 is 19.8 Å². The Morgan fingerprint density at radius 2 is 1.87 bits per heavy atom. The van der Waals surface area contributed by atoms with Crippen molar-refractivity contribution in [2.24, 2.45) is 5.92 Å². The number of hydrogen-bond acceptors (Lipinski definition) is 5. The van der Waals surface area contributed by atoms with Gasteiger partial charge in [0.15, 0.2) is 0 Å². The van der Waals surface area contributed by atoms with Gasteiger partial charge in [-0.2, -0.15) is 0 Å². The van der Waals surface area contributed by atoms with Crippen molar-refractivity contribution in [2.45, 2.75) is 62.4 Å². The van der Waals surface area contributed by atoms with E-state index in [4.69, 9.17) is 0 Å². The molecule has 1 aromatic heterocycles. The summed E-state index contributed by atoms with van der Waals surface area (Å²) in [6.45, 7) is 0.384. The van der Waals surface area contributed by atoms with Crippen LogP contribution >= 0.6 is 0 Å². The van der Waals surface area contributed by atoms with Gasteiger partial charge in [-0.25, -0.2) is 0 Å². The molecule has 4 N–H and O–H groups in total. The molecule has 3 aliphatic carbocycles. The molecule has 0 unspecified atom stereocenters. The molecule has 1 amide bonds. The van der Waals surface area contributed by atoms with Crippen LogP contribution in [0.3, 0.4) is 0 Å². The minimum Gasteiger partial charge on any atom is -0.507 e. The number of phenolic OH excluding ortho intramolecular Hbond substituents is 1. The van der Waals surface area contributed by atoms with Gasteiger partial charge in [0.1, 0.15) is 11.5 Å². The largest absolute Gasteiger partial charge is 0.507 e. The number of aromatic amines is 1. The van der Waals surface area contributed by atoms with E-state index in [-0.39, 0.29) is 40.9 Å². The molecule has 3 atom stereocenters. The summed E-state index contributed by atoms with van der Waals surface area (Å²) in [7, 11) is 0. The van der Waals surface area contributed by atoms with Gasteiger partial charge in [-0.15, -0.1) is 0 Å². The zero-order valence-electron chi connectivity index (χ0n) is 21.3. The number of aromatic nitrogens is 1. The second kappa shape index (κ2) is 9.24. The van der Waals surface area contributed by atoms with Crippen molar-refractivity contribution in [1.82, 2.24) is 10.3 Å². The van der Waals surface area contributed by atoms with Crippen LogP contribution in [0.1, 0.15) is 65.6 Å². The van der Waals surface area contributed by atoms with E-state index in [1.807, 2.05) is 36.4 Å². The number of carbonyl (C=O) groups excluding carboxylic acids is 2. The van der Waals surface area contributed by atoms with E-state index < -0.39 is 11.0 Å². The Kier molecular flexibility index (Phi) is 5.99. The standard InChI is InChI=1S/C31H32N2O5/c34-24-9-13-31(38)23-2-1-12-30(31,18-24)27-22(16-23)7-8-25(28(27)36)29(37)33-14-10-19-3-5-20(6-4-19)21-11-15-32-26(35)17-21/h3-8,11,15,17,23,36,38H,1-2,9-10,12-14,16,18H2,(H,32,35)(H,33,37)/t23-,30-,31-/m1/s1. The summed E-state index contributed by atoms with van der Waals surface area (Å²) in [5, 5.41) is 26.2. The number of phenols is 1. The fraction of sp³-hybridized carbons (Fsp3) is 0.387. The molecule has 0 saturated heterocycles. The minimum absolute atomic E-state index is 0.0740. The van der Waals surface area contributed by atoms with Crippen LogP contribution in [-0.4, -0.2) is 39.0 Å². The highest BCUT2D eigenvalue weighted by Crippen LogP contribution is 2.62. The van der Waals surface area contributed by atoms with Crippen LogP contribution in [0.15, 0.2) is 59.5 Å². The van der Waals surface area contributed by atoms with Gasteiger partial charge in [0.05, 0.1) is 11.2 Å². The van der Waals surface area contributed by atoms with Crippen LogP contribution in [0.4, 0.5) is 0 Å². The number of benzene rings is 2. The number of rotatable bonds is 5. The molecule has 1 heterocycles. The van der Waals surface area contributed by atoms with Gasteiger partial charge in [-0.05, 0) is 72.4 Å². The van der Waals surface area contributed by atoms with Crippen LogP contribution in [0.25, 0.3) is 11.1 Å². The number of nitrogens with one attached hydrogen (secondary N) is 2. The molecule has 38 heavy (non-hydrogen) atoms. The third kappa shape index (κ3) is 3.88. The van der Waals surface area contributed by atoms with E-state index >= 15 is 0 Å². The molecule has 3 aromatic rings. The fourth-order valence-electron chi connectivity index (χ4n) is 7.33. The van der Waals surface area contributed by atoms with Crippen molar-refractivity contribution in [1.29, 1.82) is 0 Å². The quantitative estimate of drug-likeness (QED) is 0.415. The number of aliphatic hydroxyl groups is 1. The number of fused-ring (bicyclic) bond motifs is 1. The van der Waals surface area contributed by atoms with Crippen molar-refractivity contribution in [3.8, 4) is 16.9 Å². The average Bonchev–Trinajstić information content (AvgIpc) is 2.89. The number of pyridine rings is 1. The van der Waals surface area contributed by atoms with E-state index in [1.54, 1.807) is 18.3 Å². The molecule has 0 radical (unpaired) electrons. The molecule has 7 heteroatoms. The number of carbonyl (C=O) groups is 2. The van der Waals surface area contributed by atoms with Gasteiger partial charge in [-0.3, -0.25) is 14.4 Å². The Bertz CT molecular complexity index is 1480. The molecule has 7 nitrogen and oxygen atoms in total. The summed E-state index contributed by atoms with van der Waals surface area (Å²) >= 11 is 0. The van der Waals surface area contributed by atoms with E-state index in [0.717, 1.165) is 35.1 Å². The number of Topliss-reactive ketones (excluding diaryl/α,β-unsaturated/α-hetero) is 1. The molecular weight excluding hydrogens is 480 g/mol. The summed E-state index contributed by atoms with van der Waals surface area (Å²) in [6.07, 6.45) is 6.35. The maximum atomic E-state index is 13.2. The van der Waals surface area contributed by atoms with E-state index in [1.165, 1.54) is 0 Å². The zero-order chi connectivity index (χ0) is 26.5. The molecule has 196 valence electrons. The predicted octanol–water partition coefficient (Wildman–Crippen LogP) is 3.80. The second-order valence-electron chi connectivity index (χ2n) is 11.2. The van der Waals surface area contributed by atoms with Crippen LogP contribution in [0, 0.1) is 5.92 Å². The van der Waals surface area contributed by atoms with Gasteiger partial charge >= 0.3 is 0 Å². The number of aromatic hydroxyl groups is 1. The average molecular weight is 513 g/mol. The smallest absolute Gasteiger partial charge is 0.255 e. The Labute approximate surface area is 220 Å². The Morgan fingerprint density at radius 3 is 2.66 bits per heavy atom. The number of amides is 1. The highest BCUT2D eigenvalue weighted by atomic mass is 16.3. The van der Waals surface area contributed by atoms with Crippen molar-refractivity contribution in [2.75, 3.05) is 6.54 Å². The first-order chi connectivity index (χ1) is 18.3. The van der Waals surface area contributed by atoms with E-state index in [0.29, 0.717) is 44.2 Å². The number of H-pyrrole nitrogens is 1. The predicted molar refractivity (Wildman–Crippen MR) is 143 cm³/mol. The lowest BCUT2D eigenvalue weighted by Crippen LogP contribution is -2.64. The molecule has 2 fully saturated rings. The topological polar surface area (TPSA) is 119 Å². The summed E-state index contributed by atoms with van der Waals surface area (Å²) in [6, 6.07) is 14.8. The van der Waals surface area contributed by atoms with Crippen LogP contribution < -0.4 is 10.9 Å². The van der Waals surface area contributed by atoms with Crippen LogP contribution in [0.5, 0.6) is 5.75 Å². The molecule has 2 saturated carbocycles. The highest BCUT2D eigenvalue weighted by molar-refractivity contribution is 5.98. The molecule has 2 bridgehead atoms. The van der Waals surface area contributed by atoms with Crippen molar-refractivity contribution in [3.63, 3.8) is 0 Å². The second-order valence-corrected chi connectivity index (χ2v) is 11.2. The first-order valence-corrected chi connectivity index (χ1v) is 13.5.